The van der Waals surface area contributed by atoms with E-state index in [1.54, 1.807) is 30.3 Å². The SMILES string of the molecule is CC(=O)Nc1ccc(Nc2cnnc(Nc3ccccc3C#N)n2)cc1. The van der Waals surface area contributed by atoms with Crippen molar-refractivity contribution in [1.82, 2.24) is 15.2 Å². The average molecular weight is 345 g/mol. The fourth-order valence-corrected chi connectivity index (χ4v) is 2.21. The highest BCUT2D eigenvalue weighted by Gasteiger charge is 2.05. The maximum atomic E-state index is 11.0. The molecule has 1 aromatic heterocycles. The molecule has 2 aromatic carbocycles. The number of hydrogen-bond acceptors (Lipinski definition) is 7. The molecule has 3 rings (SSSR count). The van der Waals surface area contributed by atoms with Crippen molar-refractivity contribution in [3.8, 4) is 6.07 Å². The molecule has 1 heterocycles. The van der Waals surface area contributed by atoms with Gasteiger partial charge in [0.2, 0.25) is 11.9 Å². The molecule has 0 unspecified atom stereocenters. The molecule has 26 heavy (non-hydrogen) atoms. The number of nitriles is 1. The van der Waals surface area contributed by atoms with Crippen molar-refractivity contribution in [2.24, 2.45) is 0 Å². The minimum Gasteiger partial charge on any atom is -0.339 e. The van der Waals surface area contributed by atoms with E-state index in [1.807, 2.05) is 18.2 Å². The molecule has 3 N–H and O–H groups in total. The lowest BCUT2D eigenvalue weighted by atomic mass is 10.2. The Hall–Kier alpha value is -3.99. The number of hydrogen-bond donors (Lipinski definition) is 3. The lowest BCUT2D eigenvalue weighted by molar-refractivity contribution is -0.114. The zero-order valence-corrected chi connectivity index (χ0v) is 13.9. The molecule has 0 saturated carbocycles. The summed E-state index contributed by atoms with van der Waals surface area (Å²) >= 11 is 0. The maximum absolute atomic E-state index is 11.0. The first-order valence-electron chi connectivity index (χ1n) is 7.74. The van der Waals surface area contributed by atoms with Gasteiger partial charge in [-0.2, -0.15) is 15.3 Å². The first-order chi connectivity index (χ1) is 12.6. The molecule has 0 bridgehead atoms. The Morgan fingerprint density at radius 1 is 1.04 bits per heavy atom. The molecule has 0 atom stereocenters. The molecule has 0 saturated heterocycles. The van der Waals surface area contributed by atoms with Crippen LogP contribution in [0.15, 0.2) is 54.7 Å². The normalized spacial score (nSPS) is 9.85. The van der Waals surface area contributed by atoms with Crippen molar-refractivity contribution >= 4 is 34.7 Å². The van der Waals surface area contributed by atoms with E-state index < -0.39 is 0 Å². The van der Waals surface area contributed by atoms with Crippen LogP contribution in [0.4, 0.5) is 28.8 Å². The minimum atomic E-state index is -0.126. The number of para-hydroxylation sites is 1. The third-order valence-corrected chi connectivity index (χ3v) is 3.33. The van der Waals surface area contributed by atoms with Crippen molar-refractivity contribution in [3.05, 3.63) is 60.3 Å². The zero-order chi connectivity index (χ0) is 18.4. The van der Waals surface area contributed by atoms with Crippen LogP contribution in [0.5, 0.6) is 0 Å². The number of carbonyl (C=O) groups excluding carboxylic acids is 1. The predicted molar refractivity (Wildman–Crippen MR) is 98.3 cm³/mol. The lowest BCUT2D eigenvalue weighted by Gasteiger charge is -2.09. The quantitative estimate of drug-likeness (QED) is 0.650. The number of rotatable bonds is 5. The summed E-state index contributed by atoms with van der Waals surface area (Å²) in [6.07, 6.45) is 1.49. The average Bonchev–Trinajstić information content (AvgIpc) is 2.64. The van der Waals surface area contributed by atoms with Crippen LogP contribution >= 0.6 is 0 Å². The Bertz CT molecular complexity index is 964. The van der Waals surface area contributed by atoms with Crippen molar-refractivity contribution in [2.45, 2.75) is 6.92 Å². The van der Waals surface area contributed by atoms with Crippen LogP contribution in [0.25, 0.3) is 0 Å². The molecule has 0 spiro atoms. The molecule has 3 aromatic rings. The van der Waals surface area contributed by atoms with Gasteiger partial charge in [-0.1, -0.05) is 12.1 Å². The zero-order valence-electron chi connectivity index (χ0n) is 13.9. The summed E-state index contributed by atoms with van der Waals surface area (Å²) in [5.41, 5.74) is 2.58. The van der Waals surface area contributed by atoms with Gasteiger partial charge < -0.3 is 16.0 Å². The van der Waals surface area contributed by atoms with Gasteiger partial charge in [-0.15, -0.1) is 5.10 Å². The fourth-order valence-electron chi connectivity index (χ4n) is 2.21. The minimum absolute atomic E-state index is 0.126. The van der Waals surface area contributed by atoms with Gasteiger partial charge in [0, 0.05) is 18.3 Å². The number of benzene rings is 2. The summed E-state index contributed by atoms with van der Waals surface area (Å²) in [6.45, 7) is 1.46. The van der Waals surface area contributed by atoms with E-state index in [0.717, 1.165) is 5.69 Å². The van der Waals surface area contributed by atoms with Crippen LogP contribution in [-0.4, -0.2) is 21.1 Å². The Kier molecular flexibility index (Phi) is 5.00. The summed E-state index contributed by atoms with van der Waals surface area (Å²) < 4.78 is 0. The van der Waals surface area contributed by atoms with Gasteiger partial charge in [-0.05, 0) is 36.4 Å². The van der Waals surface area contributed by atoms with Gasteiger partial charge in [0.05, 0.1) is 17.4 Å². The van der Waals surface area contributed by atoms with Gasteiger partial charge in [0.15, 0.2) is 5.82 Å². The molecule has 0 fully saturated rings. The number of nitrogens with one attached hydrogen (secondary N) is 3. The Labute approximate surface area is 149 Å². The van der Waals surface area contributed by atoms with Crippen LogP contribution in [0, 0.1) is 11.3 Å². The fraction of sp³-hybridized carbons (Fsp3) is 0.0556. The Balaban J connectivity index is 1.73. The summed E-state index contributed by atoms with van der Waals surface area (Å²) in [5, 5.41) is 25.8. The van der Waals surface area contributed by atoms with Crippen LogP contribution in [0.1, 0.15) is 12.5 Å². The smallest absolute Gasteiger partial charge is 0.249 e. The van der Waals surface area contributed by atoms with Gasteiger partial charge in [-0.25, -0.2) is 0 Å². The summed E-state index contributed by atoms with van der Waals surface area (Å²) in [4.78, 5) is 15.4. The predicted octanol–water partition coefficient (Wildman–Crippen LogP) is 3.19. The highest BCUT2D eigenvalue weighted by atomic mass is 16.1. The topological polar surface area (TPSA) is 116 Å². The number of aromatic nitrogens is 3. The molecule has 8 nitrogen and oxygen atoms in total. The molecule has 0 aliphatic heterocycles. The molecule has 0 aliphatic rings. The van der Waals surface area contributed by atoms with Crippen LogP contribution in [-0.2, 0) is 4.79 Å². The van der Waals surface area contributed by atoms with E-state index in [2.05, 4.69) is 37.2 Å². The van der Waals surface area contributed by atoms with Gasteiger partial charge >= 0.3 is 0 Å². The Morgan fingerprint density at radius 2 is 1.77 bits per heavy atom. The highest BCUT2D eigenvalue weighted by molar-refractivity contribution is 5.88. The highest BCUT2D eigenvalue weighted by Crippen LogP contribution is 2.20. The summed E-state index contributed by atoms with van der Waals surface area (Å²) in [5.74, 6) is 0.635. The van der Waals surface area contributed by atoms with Crippen molar-refractivity contribution in [3.63, 3.8) is 0 Å². The summed E-state index contributed by atoms with van der Waals surface area (Å²) in [6, 6.07) is 16.4. The summed E-state index contributed by atoms with van der Waals surface area (Å²) in [7, 11) is 0. The van der Waals surface area contributed by atoms with Crippen molar-refractivity contribution in [2.75, 3.05) is 16.0 Å². The van der Waals surface area contributed by atoms with Crippen molar-refractivity contribution in [1.29, 1.82) is 5.26 Å². The number of nitrogens with zero attached hydrogens (tertiary/aromatic N) is 4. The second kappa shape index (κ2) is 7.72. The van der Waals surface area contributed by atoms with Crippen LogP contribution < -0.4 is 16.0 Å². The molecule has 8 heteroatoms. The van der Waals surface area contributed by atoms with E-state index in [4.69, 9.17) is 5.26 Å². The van der Waals surface area contributed by atoms with Crippen LogP contribution in [0.2, 0.25) is 0 Å². The number of anilines is 5. The largest absolute Gasteiger partial charge is 0.339 e. The van der Waals surface area contributed by atoms with E-state index >= 15 is 0 Å². The van der Waals surface area contributed by atoms with Gasteiger partial charge in [-0.3, -0.25) is 4.79 Å². The first-order valence-corrected chi connectivity index (χ1v) is 7.74. The number of amides is 1. The lowest BCUT2D eigenvalue weighted by Crippen LogP contribution is -2.05. The van der Waals surface area contributed by atoms with E-state index in [0.29, 0.717) is 22.8 Å². The monoisotopic (exact) mass is 345 g/mol. The van der Waals surface area contributed by atoms with Crippen molar-refractivity contribution < 1.29 is 4.79 Å². The van der Waals surface area contributed by atoms with Crippen LogP contribution in [0.3, 0.4) is 0 Å². The third kappa shape index (κ3) is 4.30. The third-order valence-electron chi connectivity index (χ3n) is 3.33. The molecule has 0 aliphatic carbocycles. The maximum Gasteiger partial charge on any atom is 0.249 e. The van der Waals surface area contributed by atoms with E-state index in [-0.39, 0.29) is 11.9 Å². The second-order valence-corrected chi connectivity index (χ2v) is 5.33. The van der Waals surface area contributed by atoms with E-state index in [9.17, 15) is 4.79 Å². The van der Waals surface area contributed by atoms with Gasteiger partial charge in [0.25, 0.3) is 0 Å². The van der Waals surface area contributed by atoms with E-state index in [1.165, 1.54) is 13.1 Å². The molecule has 128 valence electrons. The Morgan fingerprint density at radius 3 is 2.50 bits per heavy atom. The molecular weight excluding hydrogens is 330 g/mol. The number of carbonyl (C=O) groups is 1. The van der Waals surface area contributed by atoms with Gasteiger partial charge in [0.1, 0.15) is 6.07 Å². The first kappa shape index (κ1) is 16.9. The standard InChI is InChI=1S/C18H15N7O/c1-12(26)21-14-6-8-15(9-7-14)22-17-11-20-25-18(24-17)23-16-5-3-2-4-13(16)10-19/h2-9,11H,1H3,(H,21,26)(H2,22,23,24,25). The molecule has 1 amide bonds. The molecular formula is C18H15N7O. The molecule has 0 radical (unpaired) electrons. The second-order valence-electron chi connectivity index (χ2n) is 5.33.